The van der Waals surface area contributed by atoms with E-state index in [-0.39, 0.29) is 25.4 Å². The van der Waals surface area contributed by atoms with Crippen LogP contribution in [0.15, 0.2) is 23.1 Å². The average Bonchev–Trinajstić information content (AvgIpc) is 2.32. The molecule has 0 saturated carbocycles. The van der Waals surface area contributed by atoms with E-state index < -0.39 is 32.5 Å². The maximum atomic E-state index is 13.5. The molecule has 0 unspecified atom stereocenters. The SMILES string of the molecule is O=S(=O)(Cl)c1ccc(OCCCOCC(F)(F)F)c(F)c1. The first-order valence-corrected chi connectivity index (χ1v) is 7.92. The predicted molar refractivity (Wildman–Crippen MR) is 66.4 cm³/mol. The number of halogens is 5. The molecule has 1 aromatic carbocycles. The molecular weight excluding hydrogens is 340 g/mol. The largest absolute Gasteiger partial charge is 0.490 e. The van der Waals surface area contributed by atoms with Crippen molar-refractivity contribution in [3.8, 4) is 5.75 Å². The minimum absolute atomic E-state index is 0.0816. The number of hydrogen-bond donors (Lipinski definition) is 0. The third kappa shape index (κ3) is 6.96. The maximum absolute atomic E-state index is 13.5. The van der Waals surface area contributed by atoms with E-state index in [1.165, 1.54) is 0 Å². The molecule has 0 aromatic heterocycles. The van der Waals surface area contributed by atoms with Crippen LogP contribution >= 0.6 is 10.7 Å². The third-order valence-corrected chi connectivity index (χ3v) is 3.49. The highest BCUT2D eigenvalue weighted by Crippen LogP contribution is 2.23. The molecule has 0 spiro atoms. The van der Waals surface area contributed by atoms with Crippen molar-refractivity contribution in [3.63, 3.8) is 0 Å². The van der Waals surface area contributed by atoms with Crippen LogP contribution in [-0.2, 0) is 13.8 Å². The van der Waals surface area contributed by atoms with Crippen molar-refractivity contribution in [2.24, 2.45) is 0 Å². The number of ether oxygens (including phenoxy) is 2. The smallest absolute Gasteiger partial charge is 0.411 e. The molecule has 0 aliphatic heterocycles. The molecule has 0 radical (unpaired) electrons. The van der Waals surface area contributed by atoms with Crippen molar-refractivity contribution in [1.82, 2.24) is 0 Å². The van der Waals surface area contributed by atoms with Gasteiger partial charge in [0.2, 0.25) is 0 Å². The lowest BCUT2D eigenvalue weighted by atomic mass is 10.3. The van der Waals surface area contributed by atoms with Crippen LogP contribution in [0, 0.1) is 5.82 Å². The summed E-state index contributed by atoms with van der Waals surface area (Å²) >= 11 is 0. The molecule has 4 nitrogen and oxygen atoms in total. The molecule has 21 heavy (non-hydrogen) atoms. The highest BCUT2D eigenvalue weighted by molar-refractivity contribution is 8.13. The topological polar surface area (TPSA) is 52.6 Å². The van der Waals surface area contributed by atoms with Crippen molar-refractivity contribution in [1.29, 1.82) is 0 Å². The van der Waals surface area contributed by atoms with Crippen LogP contribution in [0.2, 0.25) is 0 Å². The summed E-state index contributed by atoms with van der Waals surface area (Å²) < 4.78 is 80.0. The monoisotopic (exact) mass is 350 g/mol. The molecule has 0 fully saturated rings. The Morgan fingerprint density at radius 3 is 2.38 bits per heavy atom. The third-order valence-electron chi connectivity index (χ3n) is 2.14. The molecule has 120 valence electrons. The van der Waals surface area contributed by atoms with Gasteiger partial charge in [0.15, 0.2) is 11.6 Å². The zero-order chi connectivity index (χ0) is 16.1. The van der Waals surface area contributed by atoms with Crippen LogP contribution in [0.4, 0.5) is 17.6 Å². The fraction of sp³-hybridized carbons (Fsp3) is 0.455. The Kier molecular flexibility index (Phi) is 6.24. The summed E-state index contributed by atoms with van der Waals surface area (Å²) in [6.45, 7) is -1.64. The fourth-order valence-electron chi connectivity index (χ4n) is 1.28. The van der Waals surface area contributed by atoms with Gasteiger partial charge in [-0.25, -0.2) is 12.8 Å². The van der Waals surface area contributed by atoms with E-state index in [0.717, 1.165) is 12.1 Å². The Morgan fingerprint density at radius 2 is 1.86 bits per heavy atom. The van der Waals surface area contributed by atoms with E-state index >= 15 is 0 Å². The first kappa shape index (κ1) is 18.0. The van der Waals surface area contributed by atoms with Crippen molar-refractivity contribution in [3.05, 3.63) is 24.0 Å². The molecule has 0 amide bonds. The van der Waals surface area contributed by atoms with Crippen LogP contribution in [0.1, 0.15) is 6.42 Å². The van der Waals surface area contributed by atoms with Crippen molar-refractivity contribution in [2.45, 2.75) is 17.5 Å². The van der Waals surface area contributed by atoms with Crippen LogP contribution < -0.4 is 4.74 Å². The summed E-state index contributed by atoms with van der Waals surface area (Å²) in [5.74, 6) is -1.16. The number of hydrogen-bond acceptors (Lipinski definition) is 4. The normalized spacial score (nSPS) is 12.4. The molecule has 0 heterocycles. The molecule has 0 N–H and O–H groups in total. The average molecular weight is 351 g/mol. The second-order valence-electron chi connectivity index (χ2n) is 3.90. The van der Waals surface area contributed by atoms with E-state index in [2.05, 4.69) is 4.74 Å². The zero-order valence-corrected chi connectivity index (χ0v) is 12.1. The molecule has 10 heteroatoms. The predicted octanol–water partition coefficient (Wildman–Crippen LogP) is 3.10. The van der Waals surface area contributed by atoms with Crippen LogP contribution in [0.25, 0.3) is 0 Å². The van der Waals surface area contributed by atoms with Gasteiger partial charge in [-0.05, 0) is 18.2 Å². The van der Waals surface area contributed by atoms with E-state index in [0.29, 0.717) is 6.07 Å². The Labute approximate surface area is 123 Å². The molecule has 0 aliphatic rings. The number of alkyl halides is 3. The molecule has 1 rings (SSSR count). The van der Waals surface area contributed by atoms with Gasteiger partial charge in [-0.3, -0.25) is 0 Å². The molecule has 0 bridgehead atoms. The summed E-state index contributed by atoms with van der Waals surface area (Å²) in [5.41, 5.74) is 0. The van der Waals surface area contributed by atoms with Crippen LogP contribution in [0.3, 0.4) is 0 Å². The first-order valence-electron chi connectivity index (χ1n) is 5.61. The van der Waals surface area contributed by atoms with Gasteiger partial charge < -0.3 is 9.47 Å². The van der Waals surface area contributed by atoms with Gasteiger partial charge in [-0.1, -0.05) is 0 Å². The lowest BCUT2D eigenvalue weighted by Crippen LogP contribution is -2.18. The summed E-state index contributed by atoms with van der Waals surface area (Å²) in [5, 5.41) is 0. The van der Waals surface area contributed by atoms with E-state index in [1.54, 1.807) is 0 Å². The van der Waals surface area contributed by atoms with Crippen molar-refractivity contribution in [2.75, 3.05) is 19.8 Å². The maximum Gasteiger partial charge on any atom is 0.411 e. The summed E-state index contributed by atoms with van der Waals surface area (Å²) in [4.78, 5) is -0.414. The van der Waals surface area contributed by atoms with E-state index in [4.69, 9.17) is 15.4 Å². The Hall–Kier alpha value is -1.06. The lowest BCUT2D eigenvalue weighted by molar-refractivity contribution is -0.174. The van der Waals surface area contributed by atoms with E-state index in [1.807, 2.05) is 0 Å². The summed E-state index contributed by atoms with van der Waals surface area (Å²) in [6.07, 6.45) is -4.28. The molecule has 0 saturated heterocycles. The zero-order valence-electron chi connectivity index (χ0n) is 10.5. The van der Waals surface area contributed by atoms with Crippen LogP contribution in [0.5, 0.6) is 5.75 Å². The van der Waals surface area contributed by atoms with Crippen molar-refractivity contribution >= 4 is 19.7 Å². The van der Waals surface area contributed by atoms with Gasteiger partial charge in [0.25, 0.3) is 9.05 Å². The minimum Gasteiger partial charge on any atom is -0.490 e. The van der Waals surface area contributed by atoms with Gasteiger partial charge in [0.1, 0.15) is 6.61 Å². The second kappa shape index (κ2) is 7.28. The first-order chi connectivity index (χ1) is 9.59. The van der Waals surface area contributed by atoms with Gasteiger partial charge in [0.05, 0.1) is 18.1 Å². The summed E-state index contributed by atoms with van der Waals surface area (Å²) in [6, 6.07) is 2.82. The van der Waals surface area contributed by atoms with Crippen LogP contribution in [-0.4, -0.2) is 34.4 Å². The molecule has 0 aliphatic carbocycles. The number of rotatable bonds is 7. The molecule has 0 atom stereocenters. The summed E-state index contributed by atoms with van der Waals surface area (Å²) in [7, 11) is 0.999. The second-order valence-corrected chi connectivity index (χ2v) is 6.47. The number of benzene rings is 1. The highest BCUT2D eigenvalue weighted by Gasteiger charge is 2.27. The van der Waals surface area contributed by atoms with Gasteiger partial charge in [-0.2, -0.15) is 13.2 Å². The van der Waals surface area contributed by atoms with E-state index in [9.17, 15) is 26.0 Å². The Morgan fingerprint density at radius 1 is 1.19 bits per heavy atom. The standard InChI is InChI=1S/C11H11ClF4O4S/c12-21(17,18)8-2-3-10(9(13)6-8)20-5-1-4-19-7-11(14,15)16/h2-3,6H,1,4-5,7H2. The fourth-order valence-corrected chi connectivity index (χ4v) is 2.04. The van der Waals surface area contributed by atoms with Gasteiger partial charge >= 0.3 is 6.18 Å². The Bertz CT molecular complexity index is 574. The highest BCUT2D eigenvalue weighted by atomic mass is 35.7. The molecule has 1 aromatic rings. The van der Waals surface area contributed by atoms with Gasteiger partial charge in [0, 0.05) is 17.1 Å². The Balaban J connectivity index is 2.40. The van der Waals surface area contributed by atoms with Gasteiger partial charge in [-0.15, -0.1) is 0 Å². The lowest BCUT2D eigenvalue weighted by Gasteiger charge is -2.09. The van der Waals surface area contributed by atoms with Crippen molar-refractivity contribution < 1.29 is 35.5 Å². The minimum atomic E-state index is -4.39. The molecular formula is C11H11ClF4O4S. The quantitative estimate of drug-likeness (QED) is 0.431.